The first-order valence-electron chi connectivity index (χ1n) is 6.05. The van der Waals surface area contributed by atoms with Gasteiger partial charge in [0.15, 0.2) is 0 Å². The Labute approximate surface area is 111 Å². The van der Waals surface area contributed by atoms with Crippen LogP contribution in [0.4, 0.5) is 0 Å². The molecule has 100 valence electrons. The van der Waals surface area contributed by atoms with Crippen molar-refractivity contribution in [2.45, 2.75) is 37.1 Å². The van der Waals surface area contributed by atoms with E-state index >= 15 is 0 Å². The molecule has 0 aliphatic carbocycles. The third kappa shape index (κ3) is 4.23. The third-order valence-corrected chi connectivity index (χ3v) is 4.60. The van der Waals surface area contributed by atoms with Crippen LogP contribution in [0.3, 0.4) is 0 Å². The van der Waals surface area contributed by atoms with E-state index in [4.69, 9.17) is 4.74 Å². The van der Waals surface area contributed by atoms with Crippen LogP contribution < -0.4 is 0 Å². The highest BCUT2D eigenvalue weighted by Gasteiger charge is 2.33. The summed E-state index contributed by atoms with van der Waals surface area (Å²) in [6.45, 7) is 5.51. The summed E-state index contributed by atoms with van der Waals surface area (Å²) in [5.41, 5.74) is -0.785. The van der Waals surface area contributed by atoms with Gasteiger partial charge in [-0.3, -0.25) is 4.79 Å². The van der Waals surface area contributed by atoms with E-state index in [1.807, 2.05) is 13.8 Å². The van der Waals surface area contributed by atoms with Crippen LogP contribution in [0.2, 0.25) is 0 Å². The Balaban J connectivity index is 2.52. The average molecular weight is 308 g/mol. The second kappa shape index (κ2) is 6.16. The van der Waals surface area contributed by atoms with E-state index < -0.39 is 5.60 Å². The molecule has 1 rings (SSSR count). The van der Waals surface area contributed by atoms with Crippen LogP contribution in [-0.2, 0) is 9.53 Å². The number of halogens is 1. The van der Waals surface area contributed by atoms with E-state index in [9.17, 15) is 9.90 Å². The zero-order valence-electron chi connectivity index (χ0n) is 10.8. The van der Waals surface area contributed by atoms with Crippen LogP contribution in [0.5, 0.6) is 0 Å². The molecule has 0 saturated carbocycles. The van der Waals surface area contributed by atoms with Crippen molar-refractivity contribution >= 4 is 21.8 Å². The van der Waals surface area contributed by atoms with E-state index in [1.54, 1.807) is 11.9 Å². The van der Waals surface area contributed by atoms with Gasteiger partial charge in [0, 0.05) is 39.6 Å². The number of likely N-dealkylation sites (N-methyl/N-ethyl adjacent to an activating group) is 1. The lowest BCUT2D eigenvalue weighted by atomic mass is 9.93. The smallest absolute Gasteiger partial charge is 0.236 e. The minimum absolute atomic E-state index is 0.0277. The number of carbonyl (C=O) groups excluding carboxylic acids is 1. The summed E-state index contributed by atoms with van der Waals surface area (Å²) < 4.78 is 5.22. The van der Waals surface area contributed by atoms with Gasteiger partial charge in [-0.15, -0.1) is 0 Å². The van der Waals surface area contributed by atoms with Gasteiger partial charge in [0.1, 0.15) is 0 Å². The van der Waals surface area contributed by atoms with Crippen LogP contribution in [0.25, 0.3) is 0 Å². The first-order valence-corrected chi connectivity index (χ1v) is 6.96. The maximum Gasteiger partial charge on any atom is 0.236 e. The summed E-state index contributed by atoms with van der Waals surface area (Å²) >= 11 is 3.39. The van der Waals surface area contributed by atoms with Crippen molar-refractivity contribution in [3.8, 4) is 0 Å². The predicted molar refractivity (Wildman–Crippen MR) is 70.2 cm³/mol. The lowest BCUT2D eigenvalue weighted by Gasteiger charge is -2.36. The molecule has 0 aromatic heterocycles. The van der Waals surface area contributed by atoms with E-state index in [0.29, 0.717) is 32.6 Å². The molecule has 0 bridgehead atoms. The molecule has 0 spiro atoms. The normalized spacial score (nSPS) is 21.3. The Morgan fingerprint density at radius 2 is 2.00 bits per heavy atom. The maximum atomic E-state index is 12.0. The molecule has 1 amide bonds. The molecule has 0 aromatic rings. The lowest BCUT2D eigenvalue weighted by Crippen LogP contribution is -2.49. The number of rotatable bonds is 4. The van der Waals surface area contributed by atoms with Crippen LogP contribution in [0.1, 0.15) is 26.7 Å². The van der Waals surface area contributed by atoms with E-state index in [-0.39, 0.29) is 16.7 Å². The van der Waals surface area contributed by atoms with Crippen molar-refractivity contribution in [2.75, 3.05) is 26.8 Å². The van der Waals surface area contributed by atoms with Crippen molar-refractivity contribution in [2.24, 2.45) is 5.92 Å². The first kappa shape index (κ1) is 14.9. The number of amides is 1. The molecular weight excluding hydrogens is 286 g/mol. The van der Waals surface area contributed by atoms with Gasteiger partial charge in [0.2, 0.25) is 5.91 Å². The summed E-state index contributed by atoms with van der Waals surface area (Å²) in [6, 6.07) is 0. The van der Waals surface area contributed by atoms with Gasteiger partial charge in [-0.2, -0.15) is 0 Å². The topological polar surface area (TPSA) is 49.8 Å². The lowest BCUT2D eigenvalue weighted by molar-refractivity contribution is -0.136. The molecule has 1 saturated heterocycles. The van der Waals surface area contributed by atoms with Gasteiger partial charge in [-0.1, -0.05) is 29.8 Å². The van der Waals surface area contributed by atoms with Crippen molar-refractivity contribution in [3.63, 3.8) is 0 Å². The Morgan fingerprint density at radius 3 is 2.47 bits per heavy atom. The number of carbonyl (C=O) groups is 1. The van der Waals surface area contributed by atoms with Crippen molar-refractivity contribution in [3.05, 3.63) is 0 Å². The minimum Gasteiger partial charge on any atom is -0.388 e. The van der Waals surface area contributed by atoms with Crippen molar-refractivity contribution < 1.29 is 14.6 Å². The summed E-state index contributed by atoms with van der Waals surface area (Å²) in [5, 5.41) is 10.3. The number of alkyl halides is 1. The minimum atomic E-state index is -0.785. The Hall–Kier alpha value is -0.130. The molecule has 17 heavy (non-hydrogen) atoms. The molecule has 4 nitrogen and oxygen atoms in total. The summed E-state index contributed by atoms with van der Waals surface area (Å²) in [6.07, 6.45) is 1.19. The molecule has 1 atom stereocenters. The average Bonchev–Trinajstić information content (AvgIpc) is 2.27. The molecule has 1 fully saturated rings. The highest BCUT2D eigenvalue weighted by atomic mass is 79.9. The van der Waals surface area contributed by atoms with E-state index in [0.717, 1.165) is 0 Å². The second-order valence-electron chi connectivity index (χ2n) is 5.18. The van der Waals surface area contributed by atoms with Crippen molar-refractivity contribution in [1.82, 2.24) is 4.90 Å². The van der Waals surface area contributed by atoms with Crippen molar-refractivity contribution in [1.29, 1.82) is 0 Å². The predicted octanol–water partition coefficient (Wildman–Crippen LogP) is 1.41. The quantitative estimate of drug-likeness (QED) is 0.799. The van der Waals surface area contributed by atoms with E-state index in [2.05, 4.69) is 15.9 Å². The SMILES string of the molecule is CC(C)C(Br)C(=O)N(C)CC1(O)CCOCC1. The highest BCUT2D eigenvalue weighted by Crippen LogP contribution is 2.23. The van der Waals surface area contributed by atoms with Gasteiger partial charge in [0.05, 0.1) is 10.4 Å². The van der Waals surface area contributed by atoms with Gasteiger partial charge in [-0.05, 0) is 5.92 Å². The third-order valence-electron chi connectivity index (χ3n) is 3.15. The van der Waals surface area contributed by atoms with Crippen LogP contribution in [0, 0.1) is 5.92 Å². The molecule has 0 radical (unpaired) electrons. The fraction of sp³-hybridized carbons (Fsp3) is 0.917. The van der Waals surface area contributed by atoms with Gasteiger partial charge in [0.25, 0.3) is 0 Å². The number of hydrogen-bond donors (Lipinski definition) is 1. The van der Waals surface area contributed by atoms with E-state index in [1.165, 1.54) is 0 Å². The second-order valence-corrected chi connectivity index (χ2v) is 6.16. The van der Waals surface area contributed by atoms with Crippen LogP contribution in [0.15, 0.2) is 0 Å². The summed E-state index contributed by atoms with van der Waals surface area (Å²) in [4.78, 5) is 13.5. The fourth-order valence-electron chi connectivity index (χ4n) is 1.92. The van der Waals surface area contributed by atoms with Gasteiger partial charge in [-0.25, -0.2) is 0 Å². The molecular formula is C12H22BrNO3. The standard InChI is InChI=1S/C12H22BrNO3/c1-9(2)10(13)11(15)14(3)8-12(16)4-6-17-7-5-12/h9-10,16H,4-8H2,1-3H3. The number of ether oxygens (including phenoxy) is 1. The Morgan fingerprint density at radius 1 is 1.47 bits per heavy atom. The maximum absolute atomic E-state index is 12.0. The molecule has 1 heterocycles. The van der Waals surface area contributed by atoms with Crippen LogP contribution in [-0.4, -0.2) is 53.1 Å². The number of nitrogens with zero attached hydrogens (tertiary/aromatic N) is 1. The highest BCUT2D eigenvalue weighted by molar-refractivity contribution is 9.10. The van der Waals surface area contributed by atoms with Gasteiger partial charge >= 0.3 is 0 Å². The summed E-state index contributed by atoms with van der Waals surface area (Å²) in [5.74, 6) is 0.272. The zero-order valence-corrected chi connectivity index (χ0v) is 12.4. The molecule has 1 aliphatic heterocycles. The Bertz CT molecular complexity index is 264. The molecule has 0 aromatic carbocycles. The largest absolute Gasteiger partial charge is 0.388 e. The van der Waals surface area contributed by atoms with Gasteiger partial charge < -0.3 is 14.7 Å². The summed E-state index contributed by atoms with van der Waals surface area (Å²) in [7, 11) is 1.74. The number of aliphatic hydroxyl groups is 1. The monoisotopic (exact) mass is 307 g/mol. The molecule has 1 N–H and O–H groups in total. The van der Waals surface area contributed by atoms with Crippen LogP contribution >= 0.6 is 15.9 Å². The molecule has 5 heteroatoms. The molecule has 1 unspecified atom stereocenters. The zero-order chi connectivity index (χ0) is 13.1. The first-order chi connectivity index (χ1) is 7.86. The number of hydrogen-bond acceptors (Lipinski definition) is 3. The molecule has 1 aliphatic rings. The Kier molecular flexibility index (Phi) is 5.41. The fourth-order valence-corrected chi connectivity index (χ4v) is 2.27.